The number of halogens is 1. The lowest BCUT2D eigenvalue weighted by atomic mass is 10.2. The van der Waals surface area contributed by atoms with Crippen LogP contribution in [0.25, 0.3) is 0 Å². The second-order valence-electron chi connectivity index (χ2n) is 2.77. The lowest BCUT2D eigenvalue weighted by Gasteiger charge is -2.03. The minimum absolute atomic E-state index is 0.0309. The molecule has 72 valence electrons. The zero-order chi connectivity index (χ0) is 9.90. The molecule has 0 unspecified atom stereocenters. The average Bonchev–Trinajstić information content (AvgIpc) is 2.09. The molecule has 0 bridgehead atoms. The van der Waals surface area contributed by atoms with Crippen LogP contribution in [0.4, 0.5) is 0 Å². The van der Waals surface area contributed by atoms with Gasteiger partial charge in [0.05, 0.1) is 5.75 Å². The molecule has 0 aromatic heterocycles. The fourth-order valence-corrected chi connectivity index (χ4v) is 2.17. The summed E-state index contributed by atoms with van der Waals surface area (Å²) in [5, 5.41) is 0.513. The van der Waals surface area contributed by atoms with Gasteiger partial charge in [-0.2, -0.15) is 0 Å². The summed E-state index contributed by atoms with van der Waals surface area (Å²) in [5.41, 5.74) is 0.672. The van der Waals surface area contributed by atoms with Gasteiger partial charge in [0.2, 0.25) is 0 Å². The molecular weight excluding hydrogens is 208 g/mol. The SMILES string of the molecule is CCS(=O)(=O)Cc1ccccc1Cl. The van der Waals surface area contributed by atoms with Crippen LogP contribution in [-0.4, -0.2) is 14.2 Å². The van der Waals surface area contributed by atoms with Crippen LogP contribution < -0.4 is 0 Å². The first-order valence-electron chi connectivity index (χ1n) is 3.99. The summed E-state index contributed by atoms with van der Waals surface area (Å²) in [7, 11) is -2.98. The Bertz CT molecular complexity index is 384. The third-order valence-corrected chi connectivity index (χ3v) is 3.77. The van der Waals surface area contributed by atoms with Crippen molar-refractivity contribution >= 4 is 21.4 Å². The van der Waals surface area contributed by atoms with Gasteiger partial charge in [0, 0.05) is 10.8 Å². The van der Waals surface area contributed by atoms with Crippen molar-refractivity contribution in [3.8, 4) is 0 Å². The summed E-state index contributed by atoms with van der Waals surface area (Å²) < 4.78 is 22.5. The molecule has 0 aliphatic rings. The first-order chi connectivity index (χ1) is 6.05. The zero-order valence-corrected chi connectivity index (χ0v) is 8.90. The van der Waals surface area contributed by atoms with E-state index in [0.29, 0.717) is 10.6 Å². The van der Waals surface area contributed by atoms with E-state index in [4.69, 9.17) is 11.6 Å². The van der Waals surface area contributed by atoms with E-state index in [1.54, 1.807) is 31.2 Å². The average molecular weight is 219 g/mol. The van der Waals surface area contributed by atoms with Crippen LogP contribution in [0.15, 0.2) is 24.3 Å². The lowest BCUT2D eigenvalue weighted by Crippen LogP contribution is -2.06. The van der Waals surface area contributed by atoms with Crippen LogP contribution in [0.3, 0.4) is 0 Å². The molecule has 0 heterocycles. The predicted molar refractivity (Wildman–Crippen MR) is 54.6 cm³/mol. The van der Waals surface area contributed by atoms with Crippen LogP contribution >= 0.6 is 11.6 Å². The monoisotopic (exact) mass is 218 g/mol. The Morgan fingerprint density at radius 2 is 1.92 bits per heavy atom. The summed E-state index contributed by atoms with van der Waals surface area (Å²) >= 11 is 5.82. The zero-order valence-electron chi connectivity index (χ0n) is 7.33. The molecule has 1 rings (SSSR count). The number of sulfone groups is 1. The smallest absolute Gasteiger partial charge is 0.154 e. The van der Waals surface area contributed by atoms with Gasteiger partial charge < -0.3 is 0 Å². The summed E-state index contributed by atoms with van der Waals surface area (Å²) in [6, 6.07) is 6.99. The maximum Gasteiger partial charge on any atom is 0.154 e. The van der Waals surface area contributed by atoms with Crippen molar-refractivity contribution in [1.82, 2.24) is 0 Å². The fraction of sp³-hybridized carbons (Fsp3) is 0.333. The second-order valence-corrected chi connectivity index (χ2v) is 5.53. The molecule has 0 atom stereocenters. The molecule has 0 amide bonds. The summed E-state index contributed by atoms with van der Waals surface area (Å²) in [4.78, 5) is 0. The topological polar surface area (TPSA) is 34.1 Å². The normalized spacial score (nSPS) is 11.5. The Labute approximate surface area is 83.5 Å². The number of rotatable bonds is 3. The molecule has 13 heavy (non-hydrogen) atoms. The summed E-state index contributed by atoms with van der Waals surface area (Å²) in [6.45, 7) is 1.63. The summed E-state index contributed by atoms with van der Waals surface area (Å²) in [5.74, 6) is 0.182. The van der Waals surface area contributed by atoms with Gasteiger partial charge in [-0.15, -0.1) is 0 Å². The number of hydrogen-bond acceptors (Lipinski definition) is 2. The highest BCUT2D eigenvalue weighted by Gasteiger charge is 2.10. The molecule has 0 radical (unpaired) electrons. The number of benzene rings is 1. The fourth-order valence-electron chi connectivity index (χ4n) is 0.954. The van der Waals surface area contributed by atoms with Gasteiger partial charge in [0.1, 0.15) is 0 Å². The molecular formula is C9H11ClO2S. The van der Waals surface area contributed by atoms with Gasteiger partial charge in [0.15, 0.2) is 9.84 Å². The van der Waals surface area contributed by atoms with Crippen molar-refractivity contribution in [1.29, 1.82) is 0 Å². The number of hydrogen-bond donors (Lipinski definition) is 0. The maximum absolute atomic E-state index is 11.3. The molecule has 0 N–H and O–H groups in total. The van der Waals surface area contributed by atoms with Crippen molar-refractivity contribution in [2.45, 2.75) is 12.7 Å². The van der Waals surface area contributed by atoms with Gasteiger partial charge in [0.25, 0.3) is 0 Å². The molecule has 4 heteroatoms. The molecule has 0 fully saturated rings. The van der Waals surface area contributed by atoms with Crippen LogP contribution in [0.1, 0.15) is 12.5 Å². The Morgan fingerprint density at radius 1 is 1.31 bits per heavy atom. The Morgan fingerprint density at radius 3 is 2.46 bits per heavy atom. The van der Waals surface area contributed by atoms with Gasteiger partial charge >= 0.3 is 0 Å². The van der Waals surface area contributed by atoms with Gasteiger partial charge in [-0.3, -0.25) is 0 Å². The Hall–Kier alpha value is -0.540. The minimum Gasteiger partial charge on any atom is -0.229 e. The van der Waals surface area contributed by atoms with Crippen LogP contribution in [0.5, 0.6) is 0 Å². The first kappa shape index (κ1) is 10.5. The maximum atomic E-state index is 11.3. The lowest BCUT2D eigenvalue weighted by molar-refractivity contribution is 0.596. The van der Waals surface area contributed by atoms with Crippen molar-refractivity contribution in [3.63, 3.8) is 0 Å². The molecule has 1 aromatic rings. The molecule has 0 saturated carbocycles. The highest BCUT2D eigenvalue weighted by atomic mass is 35.5. The van der Waals surface area contributed by atoms with E-state index in [1.807, 2.05) is 0 Å². The first-order valence-corrected chi connectivity index (χ1v) is 6.19. The molecule has 1 aromatic carbocycles. The van der Waals surface area contributed by atoms with E-state index < -0.39 is 9.84 Å². The second kappa shape index (κ2) is 4.11. The third kappa shape index (κ3) is 3.01. The molecule has 0 saturated heterocycles. The molecule has 2 nitrogen and oxygen atoms in total. The Kier molecular flexibility index (Phi) is 3.33. The largest absolute Gasteiger partial charge is 0.229 e. The molecule has 0 spiro atoms. The van der Waals surface area contributed by atoms with Gasteiger partial charge in [-0.1, -0.05) is 36.7 Å². The van der Waals surface area contributed by atoms with E-state index in [-0.39, 0.29) is 11.5 Å². The third-order valence-electron chi connectivity index (χ3n) is 1.77. The van der Waals surface area contributed by atoms with Crippen molar-refractivity contribution < 1.29 is 8.42 Å². The van der Waals surface area contributed by atoms with Crippen molar-refractivity contribution in [2.24, 2.45) is 0 Å². The van der Waals surface area contributed by atoms with E-state index in [2.05, 4.69) is 0 Å². The van der Waals surface area contributed by atoms with Crippen molar-refractivity contribution in [2.75, 3.05) is 5.75 Å². The summed E-state index contributed by atoms with van der Waals surface area (Å²) in [6.07, 6.45) is 0. The van der Waals surface area contributed by atoms with Crippen molar-refractivity contribution in [3.05, 3.63) is 34.9 Å². The van der Waals surface area contributed by atoms with E-state index in [9.17, 15) is 8.42 Å². The van der Waals surface area contributed by atoms with Crippen LogP contribution in [-0.2, 0) is 15.6 Å². The molecule has 0 aliphatic heterocycles. The van der Waals surface area contributed by atoms with Crippen LogP contribution in [0.2, 0.25) is 5.02 Å². The Balaban J connectivity index is 2.93. The van der Waals surface area contributed by atoms with Crippen LogP contribution in [0, 0.1) is 0 Å². The highest BCUT2D eigenvalue weighted by Crippen LogP contribution is 2.17. The quantitative estimate of drug-likeness (QED) is 0.780. The van der Waals surface area contributed by atoms with E-state index in [0.717, 1.165) is 0 Å². The molecule has 0 aliphatic carbocycles. The van der Waals surface area contributed by atoms with E-state index in [1.165, 1.54) is 0 Å². The van der Waals surface area contributed by atoms with E-state index >= 15 is 0 Å². The standard InChI is InChI=1S/C9H11ClO2S/c1-2-13(11,12)7-8-5-3-4-6-9(8)10/h3-6H,2,7H2,1H3. The predicted octanol–water partition coefficient (Wildman–Crippen LogP) is 2.27. The minimum atomic E-state index is -2.98. The van der Waals surface area contributed by atoms with Gasteiger partial charge in [-0.05, 0) is 11.6 Å². The highest BCUT2D eigenvalue weighted by molar-refractivity contribution is 7.90. The van der Waals surface area contributed by atoms with Gasteiger partial charge in [-0.25, -0.2) is 8.42 Å².